The van der Waals surface area contributed by atoms with Gasteiger partial charge in [0.2, 0.25) is 11.2 Å². The smallest absolute Gasteiger partial charge is 0.226 e. The molecule has 2 heterocycles. The molecule has 0 N–H and O–H groups in total. The van der Waals surface area contributed by atoms with Gasteiger partial charge < -0.3 is 9.47 Å². The predicted molar refractivity (Wildman–Crippen MR) is 74.0 cm³/mol. The Morgan fingerprint density at radius 1 is 1.16 bits per heavy atom. The molecule has 1 aromatic heterocycles. The normalized spacial score (nSPS) is 16.7. The van der Waals surface area contributed by atoms with Crippen LogP contribution in [0.1, 0.15) is 12.8 Å². The van der Waals surface area contributed by atoms with E-state index in [-0.39, 0.29) is 11.4 Å². The fraction of sp³-hybridized carbons (Fsp3) is 0.385. The van der Waals surface area contributed by atoms with Crippen LogP contribution in [0.3, 0.4) is 0 Å². The monoisotopic (exact) mass is 298 g/mol. The summed E-state index contributed by atoms with van der Waals surface area (Å²) in [7, 11) is 0. The minimum absolute atomic E-state index is 0.0990. The Hall–Kier alpha value is -1.10. The molecular weight excluding hydrogens is 287 g/mol. The number of nitrogens with zero attached hydrogens (tertiary/aromatic N) is 2. The first-order valence-electron chi connectivity index (χ1n) is 6.09. The van der Waals surface area contributed by atoms with Crippen LogP contribution in [-0.2, 0) is 4.74 Å². The molecule has 4 nitrogen and oxygen atoms in total. The van der Waals surface area contributed by atoms with Gasteiger partial charge in [0.1, 0.15) is 6.10 Å². The number of hydrogen-bond acceptors (Lipinski definition) is 4. The van der Waals surface area contributed by atoms with Crippen LogP contribution in [0.25, 0.3) is 10.9 Å². The Morgan fingerprint density at radius 3 is 2.74 bits per heavy atom. The van der Waals surface area contributed by atoms with Crippen LogP contribution in [-0.4, -0.2) is 29.3 Å². The summed E-state index contributed by atoms with van der Waals surface area (Å²) in [5.74, 6) is 0.490. The number of ether oxygens (including phenoxy) is 2. The van der Waals surface area contributed by atoms with Gasteiger partial charge in [-0.05, 0) is 29.8 Å². The van der Waals surface area contributed by atoms with E-state index in [4.69, 9.17) is 32.7 Å². The van der Waals surface area contributed by atoms with E-state index in [0.29, 0.717) is 24.1 Å². The molecule has 0 bridgehead atoms. The molecule has 19 heavy (non-hydrogen) atoms. The van der Waals surface area contributed by atoms with Crippen molar-refractivity contribution < 1.29 is 9.47 Å². The molecule has 0 spiro atoms. The molecule has 1 fully saturated rings. The Balaban J connectivity index is 1.98. The molecule has 6 heteroatoms. The van der Waals surface area contributed by atoms with Crippen molar-refractivity contribution in [1.29, 1.82) is 0 Å². The first-order valence-corrected chi connectivity index (χ1v) is 6.85. The highest BCUT2D eigenvalue weighted by Gasteiger charge is 2.18. The molecular formula is C13H12Cl2N2O2. The molecule has 100 valence electrons. The minimum Gasteiger partial charge on any atom is -0.474 e. The molecule has 1 aliphatic rings. The van der Waals surface area contributed by atoms with Crippen molar-refractivity contribution in [2.45, 2.75) is 18.9 Å². The van der Waals surface area contributed by atoms with Crippen LogP contribution in [0.2, 0.25) is 10.3 Å². The molecule has 1 aromatic carbocycles. The average Bonchev–Trinajstić information content (AvgIpc) is 2.41. The van der Waals surface area contributed by atoms with Gasteiger partial charge >= 0.3 is 0 Å². The largest absolute Gasteiger partial charge is 0.474 e. The Morgan fingerprint density at radius 2 is 1.95 bits per heavy atom. The lowest BCUT2D eigenvalue weighted by atomic mass is 10.1. The summed E-state index contributed by atoms with van der Waals surface area (Å²) >= 11 is 11.9. The summed E-state index contributed by atoms with van der Waals surface area (Å²) in [6, 6.07) is 5.37. The standard InChI is InChI=1S/C13H12Cl2N2O2/c14-8-1-2-11-10(7-8)12(17-13(15)16-11)19-9-3-5-18-6-4-9/h1-2,7,9H,3-6H2. The maximum absolute atomic E-state index is 6.01. The molecule has 0 saturated carbocycles. The molecule has 3 rings (SSSR count). The summed E-state index contributed by atoms with van der Waals surface area (Å²) in [5.41, 5.74) is 0.728. The van der Waals surface area contributed by atoms with Crippen LogP contribution in [0, 0.1) is 0 Å². The summed E-state index contributed by atoms with van der Waals surface area (Å²) in [6.45, 7) is 1.42. The first-order chi connectivity index (χ1) is 9.22. The van der Waals surface area contributed by atoms with Crippen molar-refractivity contribution in [1.82, 2.24) is 9.97 Å². The van der Waals surface area contributed by atoms with E-state index in [1.807, 2.05) is 6.07 Å². The quantitative estimate of drug-likeness (QED) is 0.796. The average molecular weight is 299 g/mol. The third-order valence-electron chi connectivity index (χ3n) is 3.04. The number of fused-ring (bicyclic) bond motifs is 1. The summed E-state index contributed by atoms with van der Waals surface area (Å²) in [5, 5.41) is 1.58. The zero-order valence-corrected chi connectivity index (χ0v) is 11.6. The van der Waals surface area contributed by atoms with Crippen LogP contribution in [0.15, 0.2) is 18.2 Å². The van der Waals surface area contributed by atoms with Crippen molar-refractivity contribution in [2.24, 2.45) is 0 Å². The van der Waals surface area contributed by atoms with E-state index in [2.05, 4.69) is 9.97 Å². The van der Waals surface area contributed by atoms with E-state index in [1.54, 1.807) is 12.1 Å². The van der Waals surface area contributed by atoms with Crippen molar-refractivity contribution in [3.8, 4) is 5.88 Å². The Kier molecular flexibility index (Phi) is 3.73. The topological polar surface area (TPSA) is 44.2 Å². The summed E-state index contributed by atoms with van der Waals surface area (Å²) < 4.78 is 11.2. The predicted octanol–water partition coefficient (Wildman–Crippen LogP) is 3.49. The third kappa shape index (κ3) is 2.91. The lowest BCUT2D eigenvalue weighted by Gasteiger charge is -2.23. The fourth-order valence-electron chi connectivity index (χ4n) is 2.09. The number of rotatable bonds is 2. The van der Waals surface area contributed by atoms with E-state index in [1.165, 1.54) is 0 Å². The maximum Gasteiger partial charge on any atom is 0.226 e. The summed E-state index contributed by atoms with van der Waals surface area (Å²) in [4.78, 5) is 8.33. The second kappa shape index (κ2) is 5.49. The number of benzene rings is 1. The van der Waals surface area contributed by atoms with Crippen LogP contribution in [0.4, 0.5) is 0 Å². The first kappa shape index (κ1) is 12.9. The van der Waals surface area contributed by atoms with E-state index >= 15 is 0 Å². The zero-order chi connectivity index (χ0) is 13.2. The van der Waals surface area contributed by atoms with Gasteiger partial charge in [-0.15, -0.1) is 0 Å². The van der Waals surface area contributed by atoms with E-state index < -0.39 is 0 Å². The molecule has 0 radical (unpaired) electrons. The lowest BCUT2D eigenvalue weighted by molar-refractivity contribution is 0.0244. The Bertz CT molecular complexity index is 600. The molecule has 1 aliphatic heterocycles. The third-order valence-corrected chi connectivity index (χ3v) is 3.45. The van der Waals surface area contributed by atoms with Gasteiger partial charge in [0.25, 0.3) is 0 Å². The number of halogens is 2. The molecule has 0 aliphatic carbocycles. The highest BCUT2D eigenvalue weighted by Crippen LogP contribution is 2.28. The molecule has 0 atom stereocenters. The van der Waals surface area contributed by atoms with Crippen molar-refractivity contribution >= 4 is 34.1 Å². The zero-order valence-electron chi connectivity index (χ0n) is 10.1. The van der Waals surface area contributed by atoms with Gasteiger partial charge in [-0.2, -0.15) is 4.98 Å². The number of hydrogen-bond donors (Lipinski definition) is 0. The second-order valence-electron chi connectivity index (χ2n) is 4.39. The summed E-state index contributed by atoms with van der Waals surface area (Å²) in [6.07, 6.45) is 1.80. The van der Waals surface area contributed by atoms with E-state index in [9.17, 15) is 0 Å². The maximum atomic E-state index is 6.01. The SMILES string of the molecule is Clc1ccc2nc(Cl)nc(OC3CCOCC3)c2c1. The van der Waals surface area contributed by atoms with Gasteiger partial charge in [-0.3, -0.25) is 0 Å². The van der Waals surface area contributed by atoms with Gasteiger partial charge in [0, 0.05) is 17.9 Å². The van der Waals surface area contributed by atoms with Gasteiger partial charge in [0.15, 0.2) is 0 Å². The van der Waals surface area contributed by atoms with Crippen LogP contribution >= 0.6 is 23.2 Å². The van der Waals surface area contributed by atoms with E-state index in [0.717, 1.165) is 23.7 Å². The van der Waals surface area contributed by atoms with Gasteiger partial charge in [-0.1, -0.05) is 11.6 Å². The van der Waals surface area contributed by atoms with Crippen molar-refractivity contribution in [2.75, 3.05) is 13.2 Å². The van der Waals surface area contributed by atoms with Crippen molar-refractivity contribution in [3.63, 3.8) is 0 Å². The fourth-order valence-corrected chi connectivity index (χ4v) is 2.43. The minimum atomic E-state index is 0.0990. The molecule has 1 saturated heterocycles. The molecule has 2 aromatic rings. The molecule has 0 amide bonds. The van der Waals surface area contributed by atoms with Crippen molar-refractivity contribution in [3.05, 3.63) is 28.5 Å². The van der Waals surface area contributed by atoms with Crippen LogP contribution in [0.5, 0.6) is 5.88 Å². The molecule has 0 unspecified atom stereocenters. The second-order valence-corrected chi connectivity index (χ2v) is 5.16. The number of aromatic nitrogens is 2. The van der Waals surface area contributed by atoms with Gasteiger partial charge in [0.05, 0.1) is 24.1 Å². The van der Waals surface area contributed by atoms with Gasteiger partial charge in [-0.25, -0.2) is 4.98 Å². The highest BCUT2D eigenvalue weighted by atomic mass is 35.5. The Labute approximate surface area is 120 Å². The van der Waals surface area contributed by atoms with Crippen LogP contribution < -0.4 is 4.74 Å². The lowest BCUT2D eigenvalue weighted by Crippen LogP contribution is -2.26. The highest BCUT2D eigenvalue weighted by molar-refractivity contribution is 6.31.